The van der Waals surface area contributed by atoms with Crippen molar-refractivity contribution >= 4 is 16.7 Å². The number of hydrogen-bond donors (Lipinski definition) is 0. The van der Waals surface area contributed by atoms with E-state index < -0.39 is 5.97 Å². The molecule has 4 aromatic rings. The maximum absolute atomic E-state index is 12.8. The summed E-state index contributed by atoms with van der Waals surface area (Å²) in [5.41, 5.74) is 1.85. The monoisotopic (exact) mass is 385 g/mol. The first kappa shape index (κ1) is 18.5. The van der Waals surface area contributed by atoms with E-state index in [0.717, 1.165) is 22.1 Å². The Kier molecular flexibility index (Phi) is 5.12. The third-order valence-electron chi connectivity index (χ3n) is 4.64. The van der Waals surface area contributed by atoms with E-state index in [1.807, 2.05) is 48.5 Å². The molecule has 0 saturated heterocycles. The van der Waals surface area contributed by atoms with Gasteiger partial charge in [0.15, 0.2) is 5.75 Å². The first-order valence-electron chi connectivity index (χ1n) is 9.08. The molecule has 144 valence electrons. The second kappa shape index (κ2) is 8.02. The van der Waals surface area contributed by atoms with Crippen LogP contribution in [0.15, 0.2) is 79.0 Å². The molecular formula is C24H19NO4. The van der Waals surface area contributed by atoms with Gasteiger partial charge in [0.05, 0.1) is 19.8 Å². The minimum Gasteiger partial charge on any atom is -0.497 e. The van der Waals surface area contributed by atoms with Crippen LogP contribution < -0.4 is 14.2 Å². The average Bonchev–Trinajstić information content (AvgIpc) is 2.79. The van der Waals surface area contributed by atoms with Crippen molar-refractivity contribution in [1.82, 2.24) is 4.98 Å². The highest BCUT2D eigenvalue weighted by Gasteiger charge is 2.17. The third-order valence-corrected chi connectivity index (χ3v) is 4.64. The smallest absolute Gasteiger partial charge is 0.343 e. The highest BCUT2D eigenvalue weighted by Crippen LogP contribution is 2.36. The second-order valence-electron chi connectivity index (χ2n) is 6.37. The van der Waals surface area contributed by atoms with Crippen LogP contribution in [0.4, 0.5) is 0 Å². The van der Waals surface area contributed by atoms with Crippen LogP contribution in [0.2, 0.25) is 0 Å². The molecule has 3 aromatic carbocycles. The fraction of sp³-hybridized carbons (Fsp3) is 0.0833. The summed E-state index contributed by atoms with van der Waals surface area (Å²) in [6.07, 6.45) is 1.78. The van der Waals surface area contributed by atoms with Crippen LogP contribution in [0, 0.1) is 0 Å². The van der Waals surface area contributed by atoms with Crippen LogP contribution in [-0.2, 0) is 0 Å². The van der Waals surface area contributed by atoms with Crippen molar-refractivity contribution in [3.63, 3.8) is 0 Å². The SMILES string of the molecule is COc1ccc(C(=O)Oc2c(-c3ccc(OC)cc3)ncc3ccccc23)cc1. The normalized spacial score (nSPS) is 10.6. The van der Waals surface area contributed by atoms with Gasteiger partial charge in [-0.25, -0.2) is 4.79 Å². The Bertz CT molecular complexity index is 1150. The van der Waals surface area contributed by atoms with Crippen LogP contribution >= 0.6 is 0 Å². The van der Waals surface area contributed by atoms with E-state index in [2.05, 4.69) is 4.98 Å². The van der Waals surface area contributed by atoms with Crippen LogP contribution in [-0.4, -0.2) is 25.2 Å². The number of carbonyl (C=O) groups is 1. The van der Waals surface area contributed by atoms with E-state index >= 15 is 0 Å². The number of fused-ring (bicyclic) bond motifs is 1. The van der Waals surface area contributed by atoms with Crippen LogP contribution in [0.5, 0.6) is 17.2 Å². The van der Waals surface area contributed by atoms with E-state index in [-0.39, 0.29) is 0 Å². The van der Waals surface area contributed by atoms with E-state index in [0.29, 0.717) is 22.8 Å². The van der Waals surface area contributed by atoms with Gasteiger partial charge >= 0.3 is 5.97 Å². The third kappa shape index (κ3) is 3.75. The molecule has 0 saturated carbocycles. The Morgan fingerprint density at radius 1 is 0.793 bits per heavy atom. The van der Waals surface area contributed by atoms with Gasteiger partial charge in [0.2, 0.25) is 0 Å². The Morgan fingerprint density at radius 2 is 1.41 bits per heavy atom. The topological polar surface area (TPSA) is 57.7 Å². The van der Waals surface area contributed by atoms with Crippen LogP contribution in [0.3, 0.4) is 0 Å². The molecule has 5 heteroatoms. The summed E-state index contributed by atoms with van der Waals surface area (Å²) in [5, 5.41) is 1.71. The molecule has 29 heavy (non-hydrogen) atoms. The molecule has 1 heterocycles. The number of rotatable bonds is 5. The van der Waals surface area contributed by atoms with Crippen molar-refractivity contribution in [1.29, 1.82) is 0 Å². The molecule has 0 bridgehead atoms. The fourth-order valence-electron chi connectivity index (χ4n) is 3.07. The molecule has 0 spiro atoms. The number of aromatic nitrogens is 1. The van der Waals surface area contributed by atoms with Crippen molar-refractivity contribution in [2.75, 3.05) is 14.2 Å². The number of nitrogens with zero attached hydrogens (tertiary/aromatic N) is 1. The summed E-state index contributed by atoms with van der Waals surface area (Å²) >= 11 is 0. The molecule has 0 amide bonds. The minimum absolute atomic E-state index is 0.425. The highest BCUT2D eigenvalue weighted by atomic mass is 16.5. The predicted octanol–water partition coefficient (Wildman–Crippen LogP) is 5.14. The summed E-state index contributed by atoms with van der Waals surface area (Å²) in [6, 6.07) is 22.0. The molecule has 0 atom stereocenters. The zero-order valence-corrected chi connectivity index (χ0v) is 16.1. The number of benzene rings is 3. The molecule has 0 aliphatic heterocycles. The summed E-state index contributed by atoms with van der Waals surface area (Å²) in [4.78, 5) is 17.4. The summed E-state index contributed by atoms with van der Waals surface area (Å²) in [7, 11) is 3.20. The predicted molar refractivity (Wildman–Crippen MR) is 112 cm³/mol. The van der Waals surface area contributed by atoms with Crippen LogP contribution in [0.25, 0.3) is 22.0 Å². The molecule has 0 aliphatic carbocycles. The maximum Gasteiger partial charge on any atom is 0.343 e. The highest BCUT2D eigenvalue weighted by molar-refractivity contribution is 5.98. The molecule has 0 unspecified atom stereocenters. The van der Waals surface area contributed by atoms with Gasteiger partial charge in [0.1, 0.15) is 17.2 Å². The number of ether oxygens (including phenoxy) is 3. The summed E-state index contributed by atoms with van der Waals surface area (Å²) in [6.45, 7) is 0. The average molecular weight is 385 g/mol. The van der Waals surface area contributed by atoms with Gasteiger partial charge in [-0.15, -0.1) is 0 Å². The number of carbonyl (C=O) groups excluding carboxylic acids is 1. The van der Waals surface area contributed by atoms with Crippen molar-refractivity contribution in [2.45, 2.75) is 0 Å². The molecule has 0 fully saturated rings. The molecule has 1 aromatic heterocycles. The quantitative estimate of drug-likeness (QED) is 0.445. The Morgan fingerprint density at radius 3 is 2.07 bits per heavy atom. The summed E-state index contributed by atoms with van der Waals surface area (Å²) < 4.78 is 16.2. The molecule has 0 radical (unpaired) electrons. The van der Waals surface area contributed by atoms with Gasteiger partial charge in [0.25, 0.3) is 0 Å². The lowest BCUT2D eigenvalue weighted by Gasteiger charge is -2.13. The largest absolute Gasteiger partial charge is 0.497 e. The molecule has 5 nitrogen and oxygen atoms in total. The number of methoxy groups -OCH3 is 2. The minimum atomic E-state index is -0.458. The number of hydrogen-bond acceptors (Lipinski definition) is 5. The van der Waals surface area contributed by atoms with E-state index in [9.17, 15) is 4.79 Å². The van der Waals surface area contributed by atoms with Crippen molar-refractivity contribution in [2.24, 2.45) is 0 Å². The zero-order valence-electron chi connectivity index (χ0n) is 16.1. The number of pyridine rings is 1. The Labute approximate surface area is 168 Å². The lowest BCUT2D eigenvalue weighted by Crippen LogP contribution is -2.10. The zero-order chi connectivity index (χ0) is 20.2. The van der Waals surface area contributed by atoms with Gasteiger partial charge in [0, 0.05) is 22.5 Å². The first-order chi connectivity index (χ1) is 14.2. The second-order valence-corrected chi connectivity index (χ2v) is 6.37. The standard InChI is InChI=1S/C24H19NO4/c1-27-19-11-7-16(8-12-19)22-23(21-6-4-3-5-18(21)15-25-22)29-24(26)17-9-13-20(28-2)14-10-17/h3-15H,1-2H3. The van der Waals surface area contributed by atoms with Crippen molar-refractivity contribution < 1.29 is 19.0 Å². The van der Waals surface area contributed by atoms with Gasteiger partial charge in [-0.05, 0) is 48.5 Å². The number of esters is 1. The van der Waals surface area contributed by atoms with Gasteiger partial charge in [-0.1, -0.05) is 24.3 Å². The summed E-state index contributed by atoms with van der Waals surface area (Å²) in [5.74, 6) is 1.38. The van der Waals surface area contributed by atoms with E-state index in [1.54, 1.807) is 44.7 Å². The van der Waals surface area contributed by atoms with Crippen LogP contribution in [0.1, 0.15) is 10.4 Å². The van der Waals surface area contributed by atoms with Crippen molar-refractivity contribution in [3.05, 3.63) is 84.6 Å². The molecule has 0 N–H and O–H groups in total. The molecule has 4 rings (SSSR count). The van der Waals surface area contributed by atoms with Gasteiger partial charge < -0.3 is 14.2 Å². The Hall–Kier alpha value is -3.86. The first-order valence-corrected chi connectivity index (χ1v) is 9.08. The maximum atomic E-state index is 12.8. The lowest BCUT2D eigenvalue weighted by atomic mass is 10.1. The van der Waals surface area contributed by atoms with E-state index in [1.165, 1.54) is 0 Å². The molecule has 0 aliphatic rings. The van der Waals surface area contributed by atoms with Crippen molar-refractivity contribution in [3.8, 4) is 28.5 Å². The lowest BCUT2D eigenvalue weighted by molar-refractivity contribution is 0.0737. The van der Waals surface area contributed by atoms with E-state index in [4.69, 9.17) is 14.2 Å². The Balaban J connectivity index is 1.78. The van der Waals surface area contributed by atoms with Gasteiger partial charge in [-0.3, -0.25) is 4.98 Å². The fourth-order valence-corrected chi connectivity index (χ4v) is 3.07. The van der Waals surface area contributed by atoms with Gasteiger partial charge in [-0.2, -0.15) is 0 Å². The molecular weight excluding hydrogens is 366 g/mol.